The van der Waals surface area contributed by atoms with E-state index in [0.29, 0.717) is 30.3 Å². The highest BCUT2D eigenvalue weighted by Gasteiger charge is 2.30. The van der Waals surface area contributed by atoms with Crippen LogP contribution in [0, 0.1) is 0 Å². The van der Waals surface area contributed by atoms with Crippen LogP contribution in [0.2, 0.25) is 0 Å². The lowest BCUT2D eigenvalue weighted by molar-refractivity contribution is -0.137. The zero-order valence-electron chi connectivity index (χ0n) is 20.3. The second kappa shape index (κ2) is 11.1. The molecule has 0 aliphatic carbocycles. The second-order valence-electron chi connectivity index (χ2n) is 9.01. The van der Waals surface area contributed by atoms with Crippen molar-refractivity contribution in [2.45, 2.75) is 45.2 Å². The van der Waals surface area contributed by atoms with E-state index < -0.39 is 11.7 Å². The third-order valence-corrected chi connectivity index (χ3v) is 5.85. The monoisotopic (exact) mass is 497 g/mol. The molecule has 9 heteroatoms. The summed E-state index contributed by atoms with van der Waals surface area (Å²) in [7, 11) is 0. The van der Waals surface area contributed by atoms with E-state index in [1.54, 1.807) is 6.08 Å². The quantitative estimate of drug-likeness (QED) is 0.416. The van der Waals surface area contributed by atoms with Crippen LogP contribution in [-0.4, -0.2) is 40.2 Å². The lowest BCUT2D eigenvalue weighted by Crippen LogP contribution is -2.45. The summed E-state index contributed by atoms with van der Waals surface area (Å²) in [6.07, 6.45) is 3.67. The van der Waals surface area contributed by atoms with E-state index in [1.165, 1.54) is 18.3 Å². The maximum atomic E-state index is 13.0. The number of aromatic nitrogens is 2. The number of nitrogens with two attached hydrogens (primary N) is 1. The summed E-state index contributed by atoms with van der Waals surface area (Å²) in [6, 6.07) is 10.9. The minimum Gasteiger partial charge on any atom is -0.405 e. The predicted octanol–water partition coefficient (Wildman–Crippen LogP) is 5.57. The minimum atomic E-state index is -4.38. The fourth-order valence-electron chi connectivity index (χ4n) is 4.36. The van der Waals surface area contributed by atoms with Gasteiger partial charge in [0.25, 0.3) is 0 Å². The van der Waals surface area contributed by atoms with Crippen LogP contribution in [0.4, 0.5) is 24.7 Å². The van der Waals surface area contributed by atoms with E-state index in [-0.39, 0.29) is 12.2 Å². The predicted molar refractivity (Wildman–Crippen MR) is 136 cm³/mol. The van der Waals surface area contributed by atoms with E-state index >= 15 is 0 Å². The van der Waals surface area contributed by atoms with Gasteiger partial charge in [-0.05, 0) is 74.5 Å². The van der Waals surface area contributed by atoms with E-state index in [1.807, 2.05) is 44.2 Å². The van der Waals surface area contributed by atoms with E-state index in [2.05, 4.69) is 10.2 Å². The summed E-state index contributed by atoms with van der Waals surface area (Å²) in [6.45, 7) is 6.17. The maximum absolute atomic E-state index is 13.0. The molecule has 1 aliphatic rings. The number of alkyl halides is 3. The molecule has 0 saturated carbocycles. The van der Waals surface area contributed by atoms with Crippen molar-refractivity contribution < 1.29 is 17.9 Å². The lowest BCUT2D eigenvalue weighted by atomic mass is 10.1. The fraction of sp³-hybridized carbons (Fsp3) is 0.333. The molecule has 36 heavy (non-hydrogen) atoms. The van der Waals surface area contributed by atoms with Crippen LogP contribution < -0.4 is 11.1 Å². The second-order valence-corrected chi connectivity index (χ2v) is 9.01. The van der Waals surface area contributed by atoms with Gasteiger partial charge in [-0.3, -0.25) is 4.90 Å². The van der Waals surface area contributed by atoms with Gasteiger partial charge in [-0.25, -0.2) is 9.97 Å². The normalized spacial score (nSPS) is 19.5. The molecule has 2 aromatic carbocycles. The zero-order chi connectivity index (χ0) is 25.7. The molecule has 2 atom stereocenters. The van der Waals surface area contributed by atoms with Crippen LogP contribution >= 0.6 is 0 Å². The number of fused-ring (bicyclic) bond motifs is 1. The molecule has 1 fully saturated rings. The number of anilines is 2. The van der Waals surface area contributed by atoms with E-state index in [9.17, 15) is 13.2 Å². The van der Waals surface area contributed by atoms with Crippen molar-refractivity contribution in [3.8, 4) is 0 Å². The number of hydrogen-bond acceptors (Lipinski definition) is 6. The number of halogens is 3. The van der Waals surface area contributed by atoms with Crippen molar-refractivity contribution in [2.24, 2.45) is 5.73 Å². The lowest BCUT2D eigenvalue weighted by Gasteiger charge is -2.34. The molecule has 0 amide bonds. The van der Waals surface area contributed by atoms with Crippen molar-refractivity contribution >= 4 is 22.4 Å². The molecule has 190 valence electrons. The van der Waals surface area contributed by atoms with Crippen LogP contribution in [0.15, 0.2) is 66.9 Å². The first-order valence-corrected chi connectivity index (χ1v) is 11.9. The number of allylic oxidation sites excluding steroid dienone is 3. The SMILES string of the molecule is C[C@@H]1CN(Cc2nc(Nc3ccc(C(F)(F)F)cc3)c3ccc(C/C=C\C=C/N)cc3n2)C[C@H](C)O1. The van der Waals surface area contributed by atoms with Gasteiger partial charge < -0.3 is 15.8 Å². The Morgan fingerprint density at radius 1 is 1.06 bits per heavy atom. The van der Waals surface area contributed by atoms with Crippen molar-refractivity contribution in [3.63, 3.8) is 0 Å². The van der Waals surface area contributed by atoms with E-state index in [4.69, 9.17) is 20.4 Å². The standard InChI is InChI=1S/C27H30F3N5O/c1-18-15-35(16-19(2)36-18)17-25-33-24-14-20(6-4-3-5-13-31)7-12-23(24)26(34-25)32-22-10-8-21(9-11-22)27(28,29)30/h3-5,7-14,18-19H,6,15-17,31H2,1-2H3,(H,32,33,34)/b4-3-,13-5-/t18-,19+. The summed E-state index contributed by atoms with van der Waals surface area (Å²) in [4.78, 5) is 11.9. The first kappa shape index (κ1) is 25.7. The molecule has 3 N–H and O–H groups in total. The Hall–Kier alpha value is -3.43. The molecule has 0 unspecified atom stereocenters. The van der Waals surface area contributed by atoms with Crippen molar-refractivity contribution in [1.29, 1.82) is 0 Å². The molecule has 6 nitrogen and oxygen atoms in total. The number of rotatable bonds is 7. The van der Waals surface area contributed by atoms with Gasteiger partial charge in [0.15, 0.2) is 0 Å². The molecule has 0 bridgehead atoms. The first-order valence-electron chi connectivity index (χ1n) is 11.9. The van der Waals surface area contributed by atoms with Gasteiger partial charge in [-0.2, -0.15) is 13.2 Å². The molecular formula is C27H30F3N5O. The first-order chi connectivity index (χ1) is 17.2. The maximum Gasteiger partial charge on any atom is 0.416 e. The summed E-state index contributed by atoms with van der Waals surface area (Å²) in [5.41, 5.74) is 7.04. The Labute approximate surface area is 208 Å². The van der Waals surface area contributed by atoms with Crippen LogP contribution in [0.25, 0.3) is 10.9 Å². The zero-order valence-corrected chi connectivity index (χ0v) is 20.3. The third kappa shape index (κ3) is 6.61. The average Bonchev–Trinajstić information content (AvgIpc) is 2.81. The van der Waals surface area contributed by atoms with Crippen LogP contribution in [0.1, 0.15) is 30.8 Å². The Kier molecular flexibility index (Phi) is 7.91. The summed E-state index contributed by atoms with van der Waals surface area (Å²) in [5.74, 6) is 1.19. The number of benzene rings is 2. The third-order valence-electron chi connectivity index (χ3n) is 5.85. The van der Waals surface area contributed by atoms with Crippen molar-refractivity contribution in [1.82, 2.24) is 14.9 Å². The van der Waals surface area contributed by atoms with Crippen LogP contribution in [-0.2, 0) is 23.9 Å². The number of ether oxygens (including phenoxy) is 1. The number of nitrogens with one attached hydrogen (secondary N) is 1. The van der Waals surface area contributed by atoms with Gasteiger partial charge >= 0.3 is 6.18 Å². The molecule has 0 radical (unpaired) electrons. The summed E-state index contributed by atoms with van der Waals surface area (Å²) in [5, 5.41) is 3.99. The highest BCUT2D eigenvalue weighted by atomic mass is 19.4. The Morgan fingerprint density at radius 2 is 1.78 bits per heavy atom. The van der Waals surface area contributed by atoms with Gasteiger partial charge in [-0.1, -0.05) is 18.2 Å². The molecular weight excluding hydrogens is 467 g/mol. The Balaban J connectivity index is 1.66. The van der Waals surface area contributed by atoms with Gasteiger partial charge in [0.2, 0.25) is 0 Å². The van der Waals surface area contributed by atoms with Crippen molar-refractivity contribution in [2.75, 3.05) is 18.4 Å². The number of hydrogen-bond donors (Lipinski definition) is 2. The minimum absolute atomic E-state index is 0.111. The average molecular weight is 498 g/mol. The molecule has 0 spiro atoms. The summed E-state index contributed by atoms with van der Waals surface area (Å²) >= 11 is 0. The molecule has 1 saturated heterocycles. The smallest absolute Gasteiger partial charge is 0.405 e. The molecule has 1 aromatic heterocycles. The highest BCUT2D eigenvalue weighted by Crippen LogP contribution is 2.31. The largest absolute Gasteiger partial charge is 0.416 e. The number of morpholine rings is 1. The molecule has 3 aromatic rings. The summed E-state index contributed by atoms with van der Waals surface area (Å²) < 4.78 is 44.8. The van der Waals surface area contributed by atoms with Gasteiger partial charge in [-0.15, -0.1) is 0 Å². The Morgan fingerprint density at radius 3 is 2.44 bits per heavy atom. The topological polar surface area (TPSA) is 76.3 Å². The highest BCUT2D eigenvalue weighted by molar-refractivity contribution is 5.91. The molecule has 4 rings (SSSR count). The van der Waals surface area contributed by atoms with Gasteiger partial charge in [0.1, 0.15) is 11.6 Å². The van der Waals surface area contributed by atoms with Gasteiger partial charge in [0.05, 0.1) is 29.8 Å². The van der Waals surface area contributed by atoms with Crippen LogP contribution in [0.3, 0.4) is 0 Å². The number of nitrogens with zero attached hydrogens (tertiary/aromatic N) is 3. The van der Waals surface area contributed by atoms with E-state index in [0.717, 1.165) is 41.7 Å². The molecule has 1 aliphatic heterocycles. The molecule has 2 heterocycles. The van der Waals surface area contributed by atoms with Crippen molar-refractivity contribution in [3.05, 3.63) is 83.8 Å². The fourth-order valence-corrected chi connectivity index (χ4v) is 4.36. The van der Waals surface area contributed by atoms with Gasteiger partial charge in [0, 0.05) is 24.2 Å². The Bertz CT molecular complexity index is 1230. The van der Waals surface area contributed by atoms with Crippen LogP contribution in [0.5, 0.6) is 0 Å².